The Bertz CT molecular complexity index is 414. The van der Waals surface area contributed by atoms with Crippen LogP contribution in [-0.4, -0.2) is 43.6 Å². The molecule has 0 spiro atoms. The molecular formula is C14H19FN2O2. The highest BCUT2D eigenvalue weighted by Crippen LogP contribution is 2.11. The zero-order chi connectivity index (χ0) is 13.7. The molecule has 0 saturated carbocycles. The van der Waals surface area contributed by atoms with Gasteiger partial charge in [-0.3, -0.25) is 4.79 Å². The van der Waals surface area contributed by atoms with Crippen LogP contribution < -0.4 is 10.1 Å². The number of nitrogens with zero attached hydrogens (tertiary/aromatic N) is 1. The number of hydrogen-bond acceptors (Lipinski definition) is 3. The van der Waals surface area contributed by atoms with Gasteiger partial charge in [0.05, 0.1) is 0 Å². The lowest BCUT2D eigenvalue weighted by molar-refractivity contribution is -0.124. The predicted molar refractivity (Wildman–Crippen MR) is 70.6 cm³/mol. The standard InChI is InChI=1S/C14H19FN2O2/c1-17-8-6-12(7-9-17)16-14(18)10-19-13-4-2-11(15)3-5-13/h2-5,12H,6-10H2,1H3,(H,16,18). The quantitative estimate of drug-likeness (QED) is 0.896. The van der Waals surface area contributed by atoms with E-state index in [0.29, 0.717) is 5.75 Å². The monoisotopic (exact) mass is 266 g/mol. The van der Waals surface area contributed by atoms with E-state index in [-0.39, 0.29) is 24.4 Å². The predicted octanol–water partition coefficient (Wildman–Crippen LogP) is 1.41. The SMILES string of the molecule is CN1CCC(NC(=O)COc2ccc(F)cc2)CC1. The van der Waals surface area contributed by atoms with Crippen LogP contribution in [-0.2, 0) is 4.79 Å². The highest BCUT2D eigenvalue weighted by molar-refractivity contribution is 5.77. The first-order valence-corrected chi connectivity index (χ1v) is 6.50. The van der Waals surface area contributed by atoms with Crippen LogP contribution in [0.2, 0.25) is 0 Å². The Morgan fingerprint density at radius 2 is 2.00 bits per heavy atom. The minimum atomic E-state index is -0.317. The Morgan fingerprint density at radius 1 is 1.37 bits per heavy atom. The molecule has 1 aromatic rings. The topological polar surface area (TPSA) is 41.6 Å². The van der Waals surface area contributed by atoms with Gasteiger partial charge in [-0.1, -0.05) is 0 Å². The van der Waals surface area contributed by atoms with E-state index in [1.54, 1.807) is 0 Å². The van der Waals surface area contributed by atoms with Crippen molar-refractivity contribution in [1.82, 2.24) is 10.2 Å². The van der Waals surface area contributed by atoms with Crippen molar-refractivity contribution in [3.05, 3.63) is 30.1 Å². The van der Waals surface area contributed by atoms with E-state index in [1.807, 2.05) is 0 Å². The molecule has 104 valence electrons. The first-order chi connectivity index (χ1) is 9.13. The van der Waals surface area contributed by atoms with Crippen LogP contribution >= 0.6 is 0 Å². The summed E-state index contributed by atoms with van der Waals surface area (Å²) in [5.74, 6) is 0.0573. The molecule has 0 aliphatic carbocycles. The fraction of sp³-hybridized carbons (Fsp3) is 0.500. The number of hydrogen-bond donors (Lipinski definition) is 1. The van der Waals surface area contributed by atoms with Gasteiger partial charge in [-0.25, -0.2) is 4.39 Å². The number of likely N-dealkylation sites (tertiary alicyclic amines) is 1. The maximum Gasteiger partial charge on any atom is 0.258 e. The Balaban J connectivity index is 1.71. The molecule has 1 aromatic carbocycles. The number of carbonyl (C=O) groups excluding carboxylic acids is 1. The van der Waals surface area contributed by atoms with Crippen molar-refractivity contribution in [2.24, 2.45) is 0 Å². The molecule has 0 aromatic heterocycles. The molecule has 2 rings (SSSR count). The summed E-state index contributed by atoms with van der Waals surface area (Å²) < 4.78 is 18.0. The smallest absolute Gasteiger partial charge is 0.258 e. The summed E-state index contributed by atoms with van der Waals surface area (Å²) in [6.07, 6.45) is 1.94. The molecule has 1 amide bonds. The molecule has 1 saturated heterocycles. The van der Waals surface area contributed by atoms with Crippen LogP contribution in [0.4, 0.5) is 4.39 Å². The Kier molecular flexibility index (Phi) is 4.74. The van der Waals surface area contributed by atoms with Gasteiger partial charge in [-0.2, -0.15) is 0 Å². The summed E-state index contributed by atoms with van der Waals surface area (Å²) in [6.45, 7) is 1.98. The zero-order valence-electron chi connectivity index (χ0n) is 11.1. The number of carbonyl (C=O) groups is 1. The Morgan fingerprint density at radius 3 is 2.63 bits per heavy atom. The van der Waals surface area contributed by atoms with Crippen LogP contribution in [0.3, 0.4) is 0 Å². The minimum absolute atomic E-state index is 0.0298. The summed E-state index contributed by atoms with van der Waals surface area (Å²) >= 11 is 0. The Hall–Kier alpha value is -1.62. The number of halogens is 1. The average molecular weight is 266 g/mol. The molecule has 1 aliphatic rings. The second-order valence-corrected chi connectivity index (χ2v) is 4.89. The van der Waals surface area contributed by atoms with E-state index < -0.39 is 0 Å². The molecule has 4 nitrogen and oxygen atoms in total. The fourth-order valence-corrected chi connectivity index (χ4v) is 2.10. The van der Waals surface area contributed by atoms with E-state index in [4.69, 9.17) is 4.74 Å². The van der Waals surface area contributed by atoms with Crippen molar-refractivity contribution in [3.63, 3.8) is 0 Å². The molecule has 0 atom stereocenters. The molecule has 1 heterocycles. The molecule has 1 fully saturated rings. The molecule has 0 radical (unpaired) electrons. The van der Waals surface area contributed by atoms with Gasteiger partial charge >= 0.3 is 0 Å². The van der Waals surface area contributed by atoms with Gasteiger partial charge in [0.15, 0.2) is 6.61 Å². The van der Waals surface area contributed by atoms with Crippen molar-refractivity contribution in [1.29, 1.82) is 0 Å². The molecule has 19 heavy (non-hydrogen) atoms. The van der Waals surface area contributed by atoms with E-state index in [1.165, 1.54) is 24.3 Å². The molecule has 5 heteroatoms. The van der Waals surface area contributed by atoms with Gasteiger partial charge in [0.1, 0.15) is 11.6 Å². The van der Waals surface area contributed by atoms with Crippen molar-refractivity contribution in [2.75, 3.05) is 26.7 Å². The van der Waals surface area contributed by atoms with Crippen LogP contribution in [0.15, 0.2) is 24.3 Å². The highest BCUT2D eigenvalue weighted by Gasteiger charge is 2.18. The zero-order valence-corrected chi connectivity index (χ0v) is 11.1. The van der Waals surface area contributed by atoms with Gasteiger partial charge in [0.25, 0.3) is 5.91 Å². The van der Waals surface area contributed by atoms with Crippen LogP contribution in [0.1, 0.15) is 12.8 Å². The summed E-state index contributed by atoms with van der Waals surface area (Å²) in [4.78, 5) is 14.0. The van der Waals surface area contributed by atoms with E-state index in [9.17, 15) is 9.18 Å². The first kappa shape index (κ1) is 13.8. The normalized spacial score (nSPS) is 17.2. The third-order valence-corrected chi connectivity index (χ3v) is 3.27. The van der Waals surface area contributed by atoms with E-state index in [2.05, 4.69) is 17.3 Å². The molecule has 0 bridgehead atoms. The van der Waals surface area contributed by atoms with Crippen molar-refractivity contribution in [2.45, 2.75) is 18.9 Å². The maximum absolute atomic E-state index is 12.7. The lowest BCUT2D eigenvalue weighted by atomic mass is 10.1. The number of amides is 1. The van der Waals surface area contributed by atoms with Crippen LogP contribution in [0, 0.1) is 5.82 Å². The van der Waals surface area contributed by atoms with Crippen molar-refractivity contribution >= 4 is 5.91 Å². The minimum Gasteiger partial charge on any atom is -0.484 e. The number of ether oxygens (including phenoxy) is 1. The van der Waals surface area contributed by atoms with Crippen LogP contribution in [0.25, 0.3) is 0 Å². The summed E-state index contributed by atoms with van der Waals surface area (Å²) in [5, 5.41) is 2.96. The van der Waals surface area contributed by atoms with E-state index in [0.717, 1.165) is 25.9 Å². The fourth-order valence-electron chi connectivity index (χ4n) is 2.10. The Labute approximate surface area is 112 Å². The second kappa shape index (κ2) is 6.52. The largest absolute Gasteiger partial charge is 0.484 e. The van der Waals surface area contributed by atoms with Gasteiger partial charge in [0, 0.05) is 6.04 Å². The number of rotatable bonds is 4. The number of benzene rings is 1. The van der Waals surface area contributed by atoms with E-state index >= 15 is 0 Å². The third kappa shape index (κ3) is 4.52. The van der Waals surface area contributed by atoms with Crippen LogP contribution in [0.5, 0.6) is 5.75 Å². The molecule has 1 N–H and O–H groups in total. The van der Waals surface area contributed by atoms with Crippen molar-refractivity contribution < 1.29 is 13.9 Å². The lowest BCUT2D eigenvalue weighted by Gasteiger charge is -2.29. The molecular weight excluding hydrogens is 247 g/mol. The maximum atomic E-state index is 12.7. The average Bonchev–Trinajstić information content (AvgIpc) is 2.41. The van der Waals surface area contributed by atoms with Crippen molar-refractivity contribution in [3.8, 4) is 5.75 Å². The van der Waals surface area contributed by atoms with Gasteiger partial charge in [-0.15, -0.1) is 0 Å². The highest BCUT2D eigenvalue weighted by atomic mass is 19.1. The number of nitrogens with one attached hydrogen (secondary N) is 1. The lowest BCUT2D eigenvalue weighted by Crippen LogP contribution is -2.44. The number of piperidine rings is 1. The van der Waals surface area contributed by atoms with Gasteiger partial charge < -0.3 is 15.0 Å². The van der Waals surface area contributed by atoms with Gasteiger partial charge in [0.2, 0.25) is 0 Å². The van der Waals surface area contributed by atoms with Gasteiger partial charge in [-0.05, 0) is 57.2 Å². The third-order valence-electron chi connectivity index (χ3n) is 3.27. The summed E-state index contributed by atoms with van der Waals surface area (Å²) in [5.41, 5.74) is 0. The summed E-state index contributed by atoms with van der Waals surface area (Å²) in [7, 11) is 2.08. The molecule has 1 aliphatic heterocycles. The summed E-state index contributed by atoms with van der Waals surface area (Å²) in [6, 6.07) is 5.88. The second-order valence-electron chi connectivity index (χ2n) is 4.89. The first-order valence-electron chi connectivity index (χ1n) is 6.50. The molecule has 0 unspecified atom stereocenters.